The van der Waals surface area contributed by atoms with Gasteiger partial charge in [0.2, 0.25) is 0 Å². The molecule has 0 aliphatic heterocycles. The van der Waals surface area contributed by atoms with Crippen molar-refractivity contribution < 1.29 is 0 Å². The lowest BCUT2D eigenvalue weighted by molar-refractivity contribution is 0.313. The SMILES string of the molecule is CCCCC(C1=CCC=C1)N(C)C. The van der Waals surface area contributed by atoms with Crippen molar-refractivity contribution in [2.75, 3.05) is 14.1 Å². The summed E-state index contributed by atoms with van der Waals surface area (Å²) in [5, 5.41) is 0. The Labute approximate surface area is 82.1 Å². The molecule has 1 aliphatic carbocycles. The molecule has 0 aromatic carbocycles. The zero-order valence-corrected chi connectivity index (χ0v) is 9.09. The highest BCUT2D eigenvalue weighted by Crippen LogP contribution is 2.20. The number of likely N-dealkylation sites (N-methyl/N-ethyl adjacent to an activating group) is 1. The Hall–Kier alpha value is -0.560. The maximum Gasteiger partial charge on any atom is 0.0338 e. The largest absolute Gasteiger partial charge is 0.302 e. The van der Waals surface area contributed by atoms with Crippen molar-refractivity contribution in [1.29, 1.82) is 0 Å². The molecular formula is C12H21N. The first-order chi connectivity index (χ1) is 6.25. The molecule has 13 heavy (non-hydrogen) atoms. The summed E-state index contributed by atoms with van der Waals surface area (Å²) >= 11 is 0. The van der Waals surface area contributed by atoms with Gasteiger partial charge >= 0.3 is 0 Å². The van der Waals surface area contributed by atoms with Gasteiger partial charge in [-0.2, -0.15) is 0 Å². The molecule has 1 unspecified atom stereocenters. The molecule has 0 fully saturated rings. The molecule has 1 nitrogen and oxygen atoms in total. The fourth-order valence-corrected chi connectivity index (χ4v) is 1.84. The third-order valence-electron chi connectivity index (χ3n) is 2.64. The summed E-state index contributed by atoms with van der Waals surface area (Å²) in [6, 6.07) is 0.638. The van der Waals surface area contributed by atoms with Gasteiger partial charge in [-0.3, -0.25) is 0 Å². The van der Waals surface area contributed by atoms with E-state index in [2.05, 4.69) is 44.1 Å². The maximum absolute atomic E-state index is 2.35. The van der Waals surface area contributed by atoms with Crippen molar-refractivity contribution in [1.82, 2.24) is 4.90 Å². The van der Waals surface area contributed by atoms with E-state index in [0.717, 1.165) is 6.42 Å². The van der Waals surface area contributed by atoms with E-state index in [1.54, 1.807) is 0 Å². The summed E-state index contributed by atoms with van der Waals surface area (Å²) in [5.74, 6) is 0. The normalized spacial score (nSPS) is 18.0. The number of allylic oxidation sites excluding steroid dienone is 2. The molecule has 0 bridgehead atoms. The summed E-state index contributed by atoms with van der Waals surface area (Å²) in [6.07, 6.45) is 11.9. The average Bonchev–Trinajstić information content (AvgIpc) is 2.57. The lowest BCUT2D eigenvalue weighted by atomic mass is 10.0. The molecule has 0 radical (unpaired) electrons. The van der Waals surface area contributed by atoms with Crippen LogP contribution in [0.4, 0.5) is 0 Å². The Morgan fingerprint density at radius 1 is 1.46 bits per heavy atom. The Morgan fingerprint density at radius 2 is 2.23 bits per heavy atom. The summed E-state index contributed by atoms with van der Waals surface area (Å²) in [6.45, 7) is 2.26. The van der Waals surface area contributed by atoms with Crippen molar-refractivity contribution in [3.63, 3.8) is 0 Å². The minimum atomic E-state index is 0.638. The second kappa shape index (κ2) is 5.23. The molecule has 0 N–H and O–H groups in total. The third-order valence-corrected chi connectivity index (χ3v) is 2.64. The number of hydrogen-bond donors (Lipinski definition) is 0. The molecular weight excluding hydrogens is 158 g/mol. The predicted molar refractivity (Wildman–Crippen MR) is 58.8 cm³/mol. The fraction of sp³-hybridized carbons (Fsp3) is 0.667. The smallest absolute Gasteiger partial charge is 0.0338 e. The van der Waals surface area contributed by atoms with E-state index in [1.165, 1.54) is 24.8 Å². The van der Waals surface area contributed by atoms with Gasteiger partial charge in [-0.25, -0.2) is 0 Å². The van der Waals surface area contributed by atoms with Crippen molar-refractivity contribution >= 4 is 0 Å². The Bertz CT molecular complexity index is 201. The van der Waals surface area contributed by atoms with Gasteiger partial charge < -0.3 is 4.90 Å². The van der Waals surface area contributed by atoms with E-state index in [9.17, 15) is 0 Å². The molecule has 1 heteroatoms. The number of hydrogen-bond acceptors (Lipinski definition) is 1. The zero-order valence-electron chi connectivity index (χ0n) is 9.09. The quantitative estimate of drug-likeness (QED) is 0.627. The number of rotatable bonds is 5. The molecule has 0 aromatic rings. The van der Waals surface area contributed by atoms with Crippen LogP contribution in [0.1, 0.15) is 32.6 Å². The lowest BCUT2D eigenvalue weighted by Crippen LogP contribution is -2.28. The summed E-state index contributed by atoms with van der Waals surface area (Å²) < 4.78 is 0. The highest BCUT2D eigenvalue weighted by Gasteiger charge is 2.15. The van der Waals surface area contributed by atoms with Crippen LogP contribution in [0.5, 0.6) is 0 Å². The second-order valence-corrected chi connectivity index (χ2v) is 3.96. The molecule has 1 atom stereocenters. The van der Waals surface area contributed by atoms with Crippen LogP contribution in [-0.2, 0) is 0 Å². The second-order valence-electron chi connectivity index (χ2n) is 3.96. The Balaban J connectivity index is 2.51. The van der Waals surface area contributed by atoms with E-state index in [4.69, 9.17) is 0 Å². The van der Waals surface area contributed by atoms with Gasteiger partial charge in [-0.1, -0.05) is 38.0 Å². The topological polar surface area (TPSA) is 3.24 Å². The first kappa shape index (κ1) is 10.5. The lowest BCUT2D eigenvalue weighted by Gasteiger charge is -2.24. The predicted octanol–water partition coefficient (Wildman–Crippen LogP) is 2.99. The van der Waals surface area contributed by atoms with Gasteiger partial charge in [0, 0.05) is 6.04 Å². The summed E-state index contributed by atoms with van der Waals surface area (Å²) in [5.41, 5.74) is 1.51. The van der Waals surface area contributed by atoms with E-state index >= 15 is 0 Å². The molecule has 1 rings (SSSR count). The number of nitrogens with zero attached hydrogens (tertiary/aromatic N) is 1. The van der Waals surface area contributed by atoms with Gasteiger partial charge in [-0.05, 0) is 32.5 Å². The van der Waals surface area contributed by atoms with Crippen LogP contribution in [-0.4, -0.2) is 25.0 Å². The van der Waals surface area contributed by atoms with Crippen LogP contribution in [0.25, 0.3) is 0 Å². The van der Waals surface area contributed by atoms with Gasteiger partial charge in [0.1, 0.15) is 0 Å². The van der Waals surface area contributed by atoms with Crippen LogP contribution in [0.3, 0.4) is 0 Å². The van der Waals surface area contributed by atoms with Crippen molar-refractivity contribution in [3.05, 3.63) is 23.8 Å². The van der Waals surface area contributed by atoms with Crippen LogP contribution in [0.2, 0.25) is 0 Å². The van der Waals surface area contributed by atoms with E-state index in [0.29, 0.717) is 6.04 Å². The molecule has 0 saturated carbocycles. The highest BCUT2D eigenvalue weighted by molar-refractivity contribution is 5.30. The van der Waals surface area contributed by atoms with Gasteiger partial charge in [0.25, 0.3) is 0 Å². The third kappa shape index (κ3) is 3.00. The molecule has 0 saturated heterocycles. The first-order valence-corrected chi connectivity index (χ1v) is 5.28. The van der Waals surface area contributed by atoms with Crippen molar-refractivity contribution in [2.45, 2.75) is 38.6 Å². The molecule has 74 valence electrons. The fourth-order valence-electron chi connectivity index (χ4n) is 1.84. The van der Waals surface area contributed by atoms with Gasteiger partial charge in [-0.15, -0.1) is 0 Å². The van der Waals surface area contributed by atoms with Crippen molar-refractivity contribution in [3.8, 4) is 0 Å². The monoisotopic (exact) mass is 179 g/mol. The highest BCUT2D eigenvalue weighted by atomic mass is 15.1. The molecule has 0 amide bonds. The minimum absolute atomic E-state index is 0.638. The molecule has 1 aliphatic rings. The van der Waals surface area contributed by atoms with E-state index in [-0.39, 0.29) is 0 Å². The number of unbranched alkanes of at least 4 members (excludes halogenated alkanes) is 1. The van der Waals surface area contributed by atoms with Crippen LogP contribution in [0, 0.1) is 0 Å². The summed E-state index contributed by atoms with van der Waals surface area (Å²) in [7, 11) is 4.35. The first-order valence-electron chi connectivity index (χ1n) is 5.28. The minimum Gasteiger partial charge on any atom is -0.302 e. The van der Waals surface area contributed by atoms with Gasteiger partial charge in [0.15, 0.2) is 0 Å². The standard InChI is InChI=1S/C12H21N/c1-4-5-10-12(13(2)3)11-8-6-7-9-11/h6,8-9,12H,4-5,7,10H2,1-3H3. The Morgan fingerprint density at radius 3 is 2.69 bits per heavy atom. The molecule has 0 aromatic heterocycles. The molecule has 0 heterocycles. The van der Waals surface area contributed by atoms with E-state index in [1.807, 2.05) is 0 Å². The average molecular weight is 179 g/mol. The molecule has 0 spiro atoms. The van der Waals surface area contributed by atoms with E-state index < -0.39 is 0 Å². The van der Waals surface area contributed by atoms with Crippen molar-refractivity contribution in [2.24, 2.45) is 0 Å². The van der Waals surface area contributed by atoms with Crippen LogP contribution < -0.4 is 0 Å². The Kier molecular flexibility index (Phi) is 4.23. The zero-order chi connectivity index (χ0) is 9.68. The van der Waals surface area contributed by atoms with Crippen LogP contribution in [0.15, 0.2) is 23.8 Å². The maximum atomic E-state index is 2.35. The summed E-state index contributed by atoms with van der Waals surface area (Å²) in [4.78, 5) is 2.33. The van der Waals surface area contributed by atoms with Gasteiger partial charge in [0.05, 0.1) is 0 Å². The van der Waals surface area contributed by atoms with Crippen LogP contribution >= 0.6 is 0 Å².